The highest BCUT2D eigenvalue weighted by Gasteiger charge is 2.19. The van der Waals surface area contributed by atoms with Crippen molar-refractivity contribution in [2.45, 2.75) is 297 Å². The summed E-state index contributed by atoms with van der Waals surface area (Å²) in [6, 6.07) is 0. The third-order valence-electron chi connectivity index (χ3n) is 13.8. The number of ether oxygens (including phenoxy) is 3. The molecule has 0 aromatic heterocycles. The minimum absolute atomic E-state index is 0.0968. The zero-order valence-electron chi connectivity index (χ0n) is 52.5. The smallest absolute Gasteiger partial charge is 0.306 e. The second-order valence-corrected chi connectivity index (χ2v) is 21.6. The van der Waals surface area contributed by atoms with E-state index in [9.17, 15) is 14.4 Å². The lowest BCUT2D eigenvalue weighted by molar-refractivity contribution is -0.167. The van der Waals surface area contributed by atoms with Gasteiger partial charge >= 0.3 is 17.9 Å². The van der Waals surface area contributed by atoms with Gasteiger partial charge in [-0.1, -0.05) is 276 Å². The quantitative estimate of drug-likeness (QED) is 0.0261. The summed E-state index contributed by atoms with van der Waals surface area (Å²) in [6.45, 7) is 6.38. The standard InChI is InChI=1S/C75H122O6/c1-4-7-10-13-16-19-22-25-27-29-31-33-35-36-37-38-40-41-43-45-47-50-53-56-59-62-65-68-74(77)80-71-72(70-79-73(76)67-64-61-58-55-52-49-24-21-18-15-12-9-6-3)81-75(78)69-66-63-60-57-54-51-48-46-44-42-39-34-32-30-28-26-23-20-17-14-11-8-5-2/h7-8,10-11,16-17,19-21,24-28,31-34,36-37,42,44,48,51,72H,4-6,9,12-15,18,22-23,29-30,35,38-41,43,45-47,49-50,52-71H2,1-3H3/b10-7-,11-8-,19-16-,20-17-,24-21-,27-25-,28-26-,33-31-,34-32-,37-36-,44-42-,51-48-. The van der Waals surface area contributed by atoms with E-state index in [2.05, 4.69) is 167 Å². The Hall–Kier alpha value is -4.71. The minimum atomic E-state index is -0.804. The van der Waals surface area contributed by atoms with E-state index in [0.29, 0.717) is 19.3 Å². The molecule has 0 aromatic rings. The van der Waals surface area contributed by atoms with E-state index in [1.54, 1.807) is 0 Å². The first-order valence-electron chi connectivity index (χ1n) is 33.3. The normalized spacial score (nSPS) is 13.1. The first-order valence-corrected chi connectivity index (χ1v) is 33.3. The van der Waals surface area contributed by atoms with Gasteiger partial charge in [-0.25, -0.2) is 0 Å². The molecule has 0 bridgehead atoms. The monoisotopic (exact) mass is 1120 g/mol. The van der Waals surface area contributed by atoms with E-state index in [0.717, 1.165) is 154 Å². The fraction of sp³-hybridized carbons (Fsp3) is 0.640. The van der Waals surface area contributed by atoms with Crippen LogP contribution in [0.25, 0.3) is 0 Å². The van der Waals surface area contributed by atoms with Crippen LogP contribution in [0.1, 0.15) is 290 Å². The molecule has 0 aliphatic carbocycles. The summed E-state index contributed by atoms with van der Waals surface area (Å²) in [6.07, 6.45) is 97.1. The fourth-order valence-corrected chi connectivity index (χ4v) is 8.88. The van der Waals surface area contributed by atoms with E-state index in [-0.39, 0.29) is 31.1 Å². The predicted molar refractivity (Wildman–Crippen MR) is 352 cm³/mol. The number of hydrogen-bond donors (Lipinski definition) is 0. The molecule has 0 radical (unpaired) electrons. The Morgan fingerprint density at radius 2 is 0.481 bits per heavy atom. The molecule has 6 nitrogen and oxygen atoms in total. The summed E-state index contributed by atoms with van der Waals surface area (Å²) in [5.41, 5.74) is 0. The van der Waals surface area contributed by atoms with Crippen LogP contribution in [-0.2, 0) is 28.6 Å². The van der Waals surface area contributed by atoms with Gasteiger partial charge in [0.25, 0.3) is 0 Å². The first kappa shape index (κ1) is 76.3. The molecule has 0 saturated carbocycles. The van der Waals surface area contributed by atoms with Gasteiger partial charge in [-0.2, -0.15) is 0 Å². The molecule has 0 spiro atoms. The van der Waals surface area contributed by atoms with Gasteiger partial charge in [0.1, 0.15) is 13.2 Å². The number of allylic oxidation sites excluding steroid dienone is 24. The Balaban J connectivity index is 4.39. The van der Waals surface area contributed by atoms with Crippen LogP contribution in [-0.4, -0.2) is 37.2 Å². The number of rotatable bonds is 59. The molecule has 0 amide bonds. The molecular weight excluding hydrogens is 997 g/mol. The van der Waals surface area contributed by atoms with Gasteiger partial charge in [-0.15, -0.1) is 0 Å². The van der Waals surface area contributed by atoms with Gasteiger partial charge in [-0.05, 0) is 141 Å². The lowest BCUT2D eigenvalue weighted by Gasteiger charge is -2.18. The summed E-state index contributed by atoms with van der Waals surface area (Å²) >= 11 is 0. The molecule has 1 atom stereocenters. The molecule has 0 rings (SSSR count). The van der Waals surface area contributed by atoms with Crippen LogP contribution in [0.3, 0.4) is 0 Å². The molecular formula is C75H122O6. The van der Waals surface area contributed by atoms with E-state index >= 15 is 0 Å². The summed E-state index contributed by atoms with van der Waals surface area (Å²) in [7, 11) is 0. The van der Waals surface area contributed by atoms with E-state index in [4.69, 9.17) is 14.2 Å². The molecule has 0 saturated heterocycles. The Morgan fingerprint density at radius 3 is 0.765 bits per heavy atom. The van der Waals surface area contributed by atoms with E-state index in [1.807, 2.05) is 0 Å². The van der Waals surface area contributed by atoms with Crippen molar-refractivity contribution in [1.29, 1.82) is 0 Å². The summed E-state index contributed by atoms with van der Waals surface area (Å²) in [4.78, 5) is 38.4. The lowest BCUT2D eigenvalue weighted by atomic mass is 10.0. The Kier molecular flexibility index (Phi) is 63.9. The third kappa shape index (κ3) is 66.0. The maximum atomic E-state index is 12.9. The van der Waals surface area contributed by atoms with Crippen LogP contribution in [0.15, 0.2) is 146 Å². The van der Waals surface area contributed by atoms with Crippen LogP contribution in [0.4, 0.5) is 0 Å². The molecule has 0 fully saturated rings. The fourth-order valence-electron chi connectivity index (χ4n) is 8.88. The zero-order chi connectivity index (χ0) is 58.5. The molecule has 0 aliphatic heterocycles. The molecule has 0 N–H and O–H groups in total. The first-order chi connectivity index (χ1) is 40.0. The molecule has 458 valence electrons. The van der Waals surface area contributed by atoms with Gasteiger partial charge < -0.3 is 14.2 Å². The van der Waals surface area contributed by atoms with Crippen molar-refractivity contribution in [3.63, 3.8) is 0 Å². The second-order valence-electron chi connectivity index (χ2n) is 21.6. The highest BCUT2D eigenvalue weighted by molar-refractivity contribution is 5.71. The van der Waals surface area contributed by atoms with Gasteiger partial charge in [0.2, 0.25) is 0 Å². The summed E-state index contributed by atoms with van der Waals surface area (Å²) in [5, 5.41) is 0. The van der Waals surface area contributed by atoms with Crippen molar-refractivity contribution in [2.24, 2.45) is 0 Å². The van der Waals surface area contributed by atoms with Crippen molar-refractivity contribution in [1.82, 2.24) is 0 Å². The van der Waals surface area contributed by atoms with Gasteiger partial charge in [0, 0.05) is 19.3 Å². The largest absolute Gasteiger partial charge is 0.462 e. The van der Waals surface area contributed by atoms with E-state index < -0.39 is 6.10 Å². The van der Waals surface area contributed by atoms with Crippen LogP contribution >= 0.6 is 0 Å². The SMILES string of the molecule is CC/C=C\C/C=C\C/C=C\C/C=C\C/C=C\C/C=C\CCCCCCC(=O)OC(COC(=O)CCCCCCC/C=C\CCCCCC)COC(=O)CCCCCCCCCCCCC/C=C\C/C=C\C/C=C\C/C=C\C/C=C\CC. The van der Waals surface area contributed by atoms with Crippen LogP contribution in [0.5, 0.6) is 0 Å². The molecule has 1 unspecified atom stereocenters. The van der Waals surface area contributed by atoms with Crippen LogP contribution in [0.2, 0.25) is 0 Å². The highest BCUT2D eigenvalue weighted by atomic mass is 16.6. The van der Waals surface area contributed by atoms with Crippen LogP contribution in [0, 0.1) is 0 Å². The Bertz CT molecular complexity index is 1760. The topological polar surface area (TPSA) is 78.9 Å². The average Bonchev–Trinajstić information content (AvgIpc) is 3.46. The summed E-state index contributed by atoms with van der Waals surface area (Å²) in [5.74, 6) is -0.931. The van der Waals surface area contributed by atoms with Gasteiger partial charge in [-0.3, -0.25) is 14.4 Å². The molecule has 0 aliphatic rings. The maximum absolute atomic E-state index is 12.9. The molecule has 81 heavy (non-hydrogen) atoms. The average molecular weight is 1120 g/mol. The van der Waals surface area contributed by atoms with Crippen molar-refractivity contribution < 1.29 is 28.6 Å². The van der Waals surface area contributed by atoms with Crippen molar-refractivity contribution >= 4 is 17.9 Å². The Labute approximate surface area is 499 Å². The van der Waals surface area contributed by atoms with Gasteiger partial charge in [0.15, 0.2) is 6.10 Å². The van der Waals surface area contributed by atoms with E-state index in [1.165, 1.54) is 96.3 Å². The van der Waals surface area contributed by atoms with Crippen molar-refractivity contribution in [3.05, 3.63) is 146 Å². The van der Waals surface area contributed by atoms with Gasteiger partial charge in [0.05, 0.1) is 0 Å². The lowest BCUT2D eigenvalue weighted by Crippen LogP contribution is -2.30. The number of hydrogen-bond acceptors (Lipinski definition) is 6. The third-order valence-corrected chi connectivity index (χ3v) is 13.8. The van der Waals surface area contributed by atoms with Crippen molar-refractivity contribution in [2.75, 3.05) is 13.2 Å². The minimum Gasteiger partial charge on any atom is -0.462 e. The zero-order valence-corrected chi connectivity index (χ0v) is 52.5. The summed E-state index contributed by atoms with van der Waals surface area (Å²) < 4.78 is 16.9. The van der Waals surface area contributed by atoms with Crippen molar-refractivity contribution in [3.8, 4) is 0 Å². The molecule has 6 heteroatoms. The number of carbonyl (C=O) groups excluding carboxylic acids is 3. The highest BCUT2D eigenvalue weighted by Crippen LogP contribution is 2.15. The molecule has 0 heterocycles. The number of unbranched alkanes of at least 4 members (excludes halogenated alkanes) is 24. The maximum Gasteiger partial charge on any atom is 0.306 e. The predicted octanol–water partition coefficient (Wildman–Crippen LogP) is 23.1. The Morgan fingerprint density at radius 1 is 0.259 bits per heavy atom. The second kappa shape index (κ2) is 67.8. The number of esters is 3. The van der Waals surface area contributed by atoms with Crippen LogP contribution < -0.4 is 0 Å². The number of carbonyl (C=O) groups is 3. The molecule has 0 aromatic carbocycles.